The van der Waals surface area contributed by atoms with Crippen molar-refractivity contribution < 1.29 is 14.6 Å². The van der Waals surface area contributed by atoms with E-state index >= 15 is 0 Å². The van der Waals surface area contributed by atoms with Gasteiger partial charge in [0.05, 0.1) is 17.6 Å². The van der Waals surface area contributed by atoms with Crippen molar-refractivity contribution in [1.82, 2.24) is 4.98 Å². The molecule has 1 N–H and O–H groups in total. The molecule has 3 rings (SSSR count). The minimum atomic E-state index is -0.936. The molecule has 0 radical (unpaired) electrons. The Morgan fingerprint density at radius 2 is 2.14 bits per heavy atom. The van der Waals surface area contributed by atoms with E-state index in [1.54, 1.807) is 13.2 Å². The molecule has 1 aliphatic carbocycles. The summed E-state index contributed by atoms with van der Waals surface area (Å²) < 4.78 is 5.31. The average molecular weight is 301 g/mol. The minimum Gasteiger partial charge on any atom is -0.496 e. The van der Waals surface area contributed by atoms with Crippen molar-refractivity contribution in [2.24, 2.45) is 0 Å². The predicted molar refractivity (Wildman–Crippen MR) is 80.3 cm³/mol. The largest absolute Gasteiger partial charge is 0.496 e. The van der Waals surface area contributed by atoms with Crippen LogP contribution in [0.25, 0.3) is 0 Å². The second-order valence-corrected chi connectivity index (χ2v) is 5.89. The van der Waals surface area contributed by atoms with Crippen LogP contribution in [-0.4, -0.2) is 23.2 Å². The van der Waals surface area contributed by atoms with Crippen molar-refractivity contribution in [3.8, 4) is 5.75 Å². The molecule has 1 heterocycles. The van der Waals surface area contributed by atoms with Crippen LogP contribution in [-0.2, 0) is 12.8 Å². The lowest BCUT2D eigenvalue weighted by atomic mass is 10.1. The summed E-state index contributed by atoms with van der Waals surface area (Å²) in [5.74, 6) is -0.212. The quantitative estimate of drug-likeness (QED) is 0.937. The number of aromatic nitrogens is 1. The molecule has 0 unspecified atom stereocenters. The SMILES string of the molecule is COc1ccccc1Sc1nc2c(cc1C(=O)O)CCC2. The molecule has 0 spiro atoms. The van der Waals surface area contributed by atoms with Crippen LogP contribution in [0, 0.1) is 0 Å². The predicted octanol–water partition coefficient (Wildman–Crippen LogP) is 3.43. The fourth-order valence-corrected chi connectivity index (χ4v) is 3.51. The second kappa shape index (κ2) is 5.77. The molecule has 0 atom stereocenters. The van der Waals surface area contributed by atoms with Gasteiger partial charge >= 0.3 is 5.97 Å². The number of ether oxygens (including phenoxy) is 1. The number of carbonyl (C=O) groups is 1. The molecule has 4 nitrogen and oxygen atoms in total. The molecular formula is C16H15NO3S. The van der Waals surface area contributed by atoms with Crippen LogP contribution >= 0.6 is 11.8 Å². The molecule has 0 saturated carbocycles. The number of nitrogens with zero attached hydrogens (tertiary/aromatic N) is 1. The number of fused-ring (bicyclic) bond motifs is 1. The lowest BCUT2D eigenvalue weighted by molar-refractivity contribution is 0.0692. The lowest BCUT2D eigenvalue weighted by Crippen LogP contribution is -2.04. The maximum absolute atomic E-state index is 11.5. The van der Waals surface area contributed by atoms with Crippen molar-refractivity contribution in [2.75, 3.05) is 7.11 Å². The third kappa shape index (κ3) is 2.74. The number of carboxylic acid groups (broad SMARTS) is 1. The topological polar surface area (TPSA) is 59.4 Å². The molecule has 1 aromatic carbocycles. The van der Waals surface area contributed by atoms with Crippen LogP contribution < -0.4 is 4.74 Å². The molecule has 1 aromatic heterocycles. The Hall–Kier alpha value is -2.01. The van der Waals surface area contributed by atoms with Crippen LogP contribution in [0.4, 0.5) is 0 Å². The van der Waals surface area contributed by atoms with Crippen LogP contribution in [0.15, 0.2) is 40.3 Å². The van der Waals surface area contributed by atoms with Gasteiger partial charge in [0.2, 0.25) is 0 Å². The number of aryl methyl sites for hydroxylation is 2. The van der Waals surface area contributed by atoms with Crippen LogP contribution in [0.3, 0.4) is 0 Å². The fourth-order valence-electron chi connectivity index (χ4n) is 2.49. The lowest BCUT2D eigenvalue weighted by Gasteiger charge is -2.10. The monoisotopic (exact) mass is 301 g/mol. The number of rotatable bonds is 4. The number of pyridine rings is 1. The summed E-state index contributed by atoms with van der Waals surface area (Å²) in [6.07, 6.45) is 2.89. The molecular weight excluding hydrogens is 286 g/mol. The highest BCUT2D eigenvalue weighted by Gasteiger charge is 2.21. The van der Waals surface area contributed by atoms with E-state index in [0.29, 0.717) is 5.03 Å². The normalized spacial score (nSPS) is 13.0. The van der Waals surface area contributed by atoms with E-state index in [4.69, 9.17) is 4.74 Å². The van der Waals surface area contributed by atoms with Gasteiger partial charge in [0.25, 0.3) is 0 Å². The highest BCUT2D eigenvalue weighted by Crippen LogP contribution is 2.37. The first-order valence-corrected chi connectivity index (χ1v) is 7.57. The third-order valence-electron chi connectivity index (χ3n) is 3.52. The highest BCUT2D eigenvalue weighted by molar-refractivity contribution is 7.99. The van der Waals surface area contributed by atoms with Crippen molar-refractivity contribution >= 4 is 17.7 Å². The van der Waals surface area contributed by atoms with Crippen molar-refractivity contribution in [1.29, 1.82) is 0 Å². The van der Waals surface area contributed by atoms with Crippen LogP contribution in [0.2, 0.25) is 0 Å². The standard InChI is InChI=1S/C16H15NO3S/c1-20-13-7-2-3-8-14(13)21-15-11(16(18)19)9-10-5-4-6-12(10)17-15/h2-3,7-9H,4-6H2,1H3,(H,18,19). The fraction of sp³-hybridized carbons (Fsp3) is 0.250. The van der Waals surface area contributed by atoms with E-state index in [0.717, 1.165) is 41.2 Å². The first kappa shape index (κ1) is 13.9. The number of para-hydroxylation sites is 1. The summed E-state index contributed by atoms with van der Waals surface area (Å²) in [6.45, 7) is 0. The van der Waals surface area contributed by atoms with Gasteiger partial charge in [-0.2, -0.15) is 0 Å². The second-order valence-electron chi connectivity index (χ2n) is 4.86. The number of methoxy groups -OCH3 is 1. The Kier molecular flexibility index (Phi) is 3.84. The maximum atomic E-state index is 11.5. The van der Waals surface area contributed by atoms with Gasteiger partial charge in [0, 0.05) is 5.69 Å². The smallest absolute Gasteiger partial charge is 0.338 e. The summed E-state index contributed by atoms with van der Waals surface area (Å²) in [7, 11) is 1.60. The molecule has 0 aliphatic heterocycles. The number of carboxylic acids is 1. The Morgan fingerprint density at radius 3 is 2.90 bits per heavy atom. The molecule has 0 amide bonds. The van der Waals surface area contributed by atoms with Gasteiger partial charge in [-0.3, -0.25) is 0 Å². The Bertz CT molecular complexity index is 700. The van der Waals surface area contributed by atoms with E-state index in [9.17, 15) is 9.90 Å². The van der Waals surface area contributed by atoms with Gasteiger partial charge in [0.1, 0.15) is 10.8 Å². The Labute approximate surface area is 127 Å². The van der Waals surface area contributed by atoms with E-state index in [-0.39, 0.29) is 5.56 Å². The van der Waals surface area contributed by atoms with Crippen molar-refractivity contribution in [3.05, 3.63) is 47.2 Å². The molecule has 108 valence electrons. The molecule has 0 bridgehead atoms. The van der Waals surface area contributed by atoms with Gasteiger partial charge in [-0.15, -0.1) is 0 Å². The summed E-state index contributed by atoms with van der Waals surface area (Å²) in [5.41, 5.74) is 2.36. The maximum Gasteiger partial charge on any atom is 0.338 e. The number of benzene rings is 1. The van der Waals surface area contributed by atoms with E-state index < -0.39 is 5.97 Å². The van der Waals surface area contributed by atoms with Crippen LogP contribution in [0.5, 0.6) is 5.75 Å². The zero-order valence-corrected chi connectivity index (χ0v) is 12.4. The molecule has 0 fully saturated rings. The summed E-state index contributed by atoms with van der Waals surface area (Å²) in [6, 6.07) is 9.32. The molecule has 5 heteroatoms. The van der Waals surface area contributed by atoms with Gasteiger partial charge < -0.3 is 9.84 Å². The zero-order valence-electron chi connectivity index (χ0n) is 11.6. The molecule has 2 aromatic rings. The summed E-state index contributed by atoms with van der Waals surface area (Å²) >= 11 is 1.34. The van der Waals surface area contributed by atoms with Crippen LogP contribution in [0.1, 0.15) is 28.0 Å². The summed E-state index contributed by atoms with van der Waals surface area (Å²) in [5, 5.41) is 9.95. The first-order chi connectivity index (χ1) is 10.2. The zero-order chi connectivity index (χ0) is 14.8. The number of hydrogen-bond acceptors (Lipinski definition) is 4. The average Bonchev–Trinajstić information content (AvgIpc) is 2.94. The Balaban J connectivity index is 2.03. The molecule has 1 aliphatic rings. The molecule has 0 saturated heterocycles. The van der Waals surface area contributed by atoms with Gasteiger partial charge in [-0.25, -0.2) is 9.78 Å². The number of hydrogen-bond donors (Lipinski definition) is 1. The van der Waals surface area contributed by atoms with E-state index in [1.807, 2.05) is 24.3 Å². The van der Waals surface area contributed by atoms with Crippen molar-refractivity contribution in [2.45, 2.75) is 29.2 Å². The molecule has 21 heavy (non-hydrogen) atoms. The minimum absolute atomic E-state index is 0.270. The van der Waals surface area contributed by atoms with Gasteiger partial charge in [-0.05, 0) is 43.0 Å². The summed E-state index contributed by atoms with van der Waals surface area (Å²) in [4.78, 5) is 16.9. The highest BCUT2D eigenvalue weighted by atomic mass is 32.2. The number of aromatic carboxylic acids is 1. The van der Waals surface area contributed by atoms with Crippen molar-refractivity contribution in [3.63, 3.8) is 0 Å². The van der Waals surface area contributed by atoms with E-state index in [1.165, 1.54) is 11.8 Å². The Morgan fingerprint density at radius 1 is 1.33 bits per heavy atom. The third-order valence-corrected chi connectivity index (χ3v) is 4.58. The first-order valence-electron chi connectivity index (χ1n) is 6.76. The van der Waals surface area contributed by atoms with Gasteiger partial charge in [0.15, 0.2) is 0 Å². The van der Waals surface area contributed by atoms with Gasteiger partial charge in [-0.1, -0.05) is 23.9 Å². The van der Waals surface area contributed by atoms with E-state index in [2.05, 4.69) is 4.98 Å².